The van der Waals surface area contributed by atoms with Crippen LogP contribution in [0.1, 0.15) is 17.0 Å². The number of benzene rings is 2. The van der Waals surface area contributed by atoms with Crippen LogP contribution in [-0.2, 0) is 19.4 Å². The van der Waals surface area contributed by atoms with Gasteiger partial charge in [-0.2, -0.15) is 0 Å². The molecule has 24 heavy (non-hydrogen) atoms. The second-order valence-electron chi connectivity index (χ2n) is 5.49. The van der Waals surface area contributed by atoms with Gasteiger partial charge in [0.05, 0.1) is 12.5 Å². The number of rotatable bonds is 7. The molecule has 6 nitrogen and oxygen atoms in total. The highest BCUT2D eigenvalue weighted by Gasteiger charge is 2.11. The predicted octanol–water partition coefficient (Wildman–Crippen LogP) is 2.09. The fraction of sp³-hybridized carbons (Fsp3) is 0.222. The molecule has 0 aliphatic heterocycles. The topological polar surface area (TPSA) is 88.4 Å². The third-order valence-corrected chi connectivity index (χ3v) is 3.54. The van der Waals surface area contributed by atoms with Crippen LogP contribution in [0, 0.1) is 0 Å². The summed E-state index contributed by atoms with van der Waals surface area (Å²) in [5.41, 5.74) is 2.07. The lowest BCUT2D eigenvalue weighted by Gasteiger charge is -2.10. The van der Waals surface area contributed by atoms with Crippen LogP contribution in [0.25, 0.3) is 0 Å². The smallest absolute Gasteiger partial charge is 0.434 e. The van der Waals surface area contributed by atoms with E-state index in [0.29, 0.717) is 13.0 Å². The lowest BCUT2D eigenvalue weighted by molar-refractivity contribution is 0.165. The molecule has 0 aliphatic carbocycles. The summed E-state index contributed by atoms with van der Waals surface area (Å²) in [6.45, 7) is 0.515. The van der Waals surface area contributed by atoms with Crippen molar-refractivity contribution in [1.29, 1.82) is 0 Å². The molecule has 3 rings (SSSR count). The Morgan fingerprint density at radius 2 is 1.79 bits per heavy atom. The van der Waals surface area contributed by atoms with Crippen LogP contribution in [-0.4, -0.2) is 21.4 Å². The molecule has 0 amide bonds. The van der Waals surface area contributed by atoms with Crippen molar-refractivity contribution in [2.75, 3.05) is 0 Å². The minimum absolute atomic E-state index is 0.186. The third-order valence-electron chi connectivity index (χ3n) is 3.54. The van der Waals surface area contributed by atoms with Gasteiger partial charge in [0, 0.05) is 0 Å². The number of nitrogens with zero attached hydrogens (tertiary/aromatic N) is 1. The van der Waals surface area contributed by atoms with Crippen LogP contribution in [0.4, 0.5) is 0 Å². The van der Waals surface area contributed by atoms with Gasteiger partial charge in [-0.05, 0) is 29.7 Å². The summed E-state index contributed by atoms with van der Waals surface area (Å²) < 4.78 is 10.5. The Morgan fingerprint density at radius 1 is 1.04 bits per heavy atom. The van der Waals surface area contributed by atoms with E-state index < -0.39 is 11.9 Å². The first-order valence-electron chi connectivity index (χ1n) is 7.67. The Labute approximate surface area is 138 Å². The molecule has 2 N–H and O–H groups in total. The zero-order valence-electron chi connectivity index (χ0n) is 13.0. The Hall–Kier alpha value is -2.86. The molecule has 0 fully saturated rings. The number of H-pyrrole nitrogens is 1. The van der Waals surface area contributed by atoms with Gasteiger partial charge < -0.3 is 14.3 Å². The number of hydrogen-bond donors (Lipinski definition) is 2. The maximum absolute atomic E-state index is 10.9. The van der Waals surface area contributed by atoms with Gasteiger partial charge in [-0.3, -0.25) is 0 Å². The standard InChI is InChI=1S/C18H18N2O4/c21-15(11-17-19-20-18(22)24-17)10-13-6-8-16(9-7-13)23-12-14-4-2-1-3-5-14/h1-9,15,21H,10-12H2,(H,20,22). The first-order chi connectivity index (χ1) is 11.7. The number of aromatic amines is 1. The van der Waals surface area contributed by atoms with Crippen LogP contribution in [0.15, 0.2) is 63.8 Å². The minimum atomic E-state index is -0.674. The lowest BCUT2D eigenvalue weighted by atomic mass is 10.1. The molecule has 0 radical (unpaired) electrons. The zero-order chi connectivity index (χ0) is 16.8. The number of nitrogens with one attached hydrogen (secondary N) is 1. The SMILES string of the molecule is O=c1[nH]nc(CC(O)Cc2ccc(OCc3ccccc3)cc2)o1. The number of aromatic nitrogens is 2. The third kappa shape index (κ3) is 4.57. The van der Waals surface area contributed by atoms with Gasteiger partial charge in [-0.1, -0.05) is 42.5 Å². The van der Waals surface area contributed by atoms with E-state index >= 15 is 0 Å². The van der Waals surface area contributed by atoms with Crippen LogP contribution in [0.2, 0.25) is 0 Å². The predicted molar refractivity (Wildman–Crippen MR) is 87.8 cm³/mol. The van der Waals surface area contributed by atoms with Gasteiger partial charge in [0.2, 0.25) is 5.89 Å². The molecule has 0 saturated carbocycles. The van der Waals surface area contributed by atoms with Crippen LogP contribution >= 0.6 is 0 Å². The average molecular weight is 326 g/mol. The summed E-state index contributed by atoms with van der Waals surface area (Å²) in [4.78, 5) is 10.9. The summed E-state index contributed by atoms with van der Waals surface area (Å²) in [5, 5.41) is 15.9. The van der Waals surface area contributed by atoms with Crippen molar-refractivity contribution in [3.8, 4) is 5.75 Å². The minimum Gasteiger partial charge on any atom is -0.489 e. The highest BCUT2D eigenvalue weighted by molar-refractivity contribution is 5.28. The largest absolute Gasteiger partial charge is 0.489 e. The molecule has 2 aromatic carbocycles. The van der Waals surface area contributed by atoms with Crippen molar-refractivity contribution >= 4 is 0 Å². The molecule has 1 atom stereocenters. The molecule has 124 valence electrons. The monoisotopic (exact) mass is 326 g/mol. The van der Waals surface area contributed by atoms with Crippen molar-refractivity contribution < 1.29 is 14.3 Å². The van der Waals surface area contributed by atoms with E-state index in [1.54, 1.807) is 0 Å². The highest BCUT2D eigenvalue weighted by atomic mass is 16.5. The average Bonchev–Trinajstić information content (AvgIpc) is 3.00. The molecular weight excluding hydrogens is 308 g/mol. The van der Waals surface area contributed by atoms with Gasteiger partial charge in [-0.15, -0.1) is 5.10 Å². The van der Waals surface area contributed by atoms with E-state index in [0.717, 1.165) is 16.9 Å². The molecule has 1 aromatic heterocycles. The second kappa shape index (κ2) is 7.61. The molecule has 0 bridgehead atoms. The molecule has 3 aromatic rings. The summed E-state index contributed by atoms with van der Waals surface area (Å²) in [7, 11) is 0. The summed E-state index contributed by atoms with van der Waals surface area (Å²) in [6, 6.07) is 17.5. The Balaban J connectivity index is 1.51. The number of aliphatic hydroxyl groups is 1. The van der Waals surface area contributed by atoms with Gasteiger partial charge >= 0.3 is 5.76 Å². The van der Waals surface area contributed by atoms with Crippen LogP contribution < -0.4 is 10.5 Å². The van der Waals surface area contributed by atoms with Gasteiger partial charge in [-0.25, -0.2) is 9.89 Å². The molecule has 6 heteroatoms. The maximum atomic E-state index is 10.9. The summed E-state index contributed by atoms with van der Waals surface area (Å²) in [6.07, 6.45) is -0.0480. The highest BCUT2D eigenvalue weighted by Crippen LogP contribution is 2.16. The van der Waals surface area contributed by atoms with Crippen molar-refractivity contribution in [3.63, 3.8) is 0 Å². The van der Waals surface area contributed by atoms with Crippen molar-refractivity contribution in [2.45, 2.75) is 25.6 Å². The van der Waals surface area contributed by atoms with E-state index in [1.165, 1.54) is 0 Å². The molecule has 0 aliphatic rings. The van der Waals surface area contributed by atoms with Crippen LogP contribution in [0.5, 0.6) is 5.75 Å². The fourth-order valence-electron chi connectivity index (χ4n) is 2.36. The van der Waals surface area contributed by atoms with Gasteiger partial charge in [0.25, 0.3) is 0 Å². The number of aliphatic hydroxyl groups excluding tert-OH is 1. The summed E-state index contributed by atoms with van der Waals surface area (Å²) >= 11 is 0. The molecule has 1 unspecified atom stereocenters. The lowest BCUT2D eigenvalue weighted by Crippen LogP contribution is -2.14. The second-order valence-corrected chi connectivity index (χ2v) is 5.49. The van der Waals surface area contributed by atoms with E-state index in [4.69, 9.17) is 9.15 Å². The first-order valence-corrected chi connectivity index (χ1v) is 7.67. The van der Waals surface area contributed by atoms with E-state index in [-0.39, 0.29) is 12.3 Å². The van der Waals surface area contributed by atoms with Crippen molar-refractivity contribution in [3.05, 3.63) is 82.2 Å². The normalized spacial score (nSPS) is 12.0. The molecule has 1 heterocycles. The maximum Gasteiger partial charge on any atom is 0.434 e. The fourth-order valence-corrected chi connectivity index (χ4v) is 2.36. The molecule has 0 spiro atoms. The number of ether oxygens (including phenoxy) is 1. The van der Waals surface area contributed by atoms with E-state index in [1.807, 2.05) is 54.6 Å². The van der Waals surface area contributed by atoms with Gasteiger partial charge in [0.1, 0.15) is 12.4 Å². The first kappa shape index (κ1) is 16.0. The molecule has 0 saturated heterocycles. The quantitative estimate of drug-likeness (QED) is 0.694. The zero-order valence-corrected chi connectivity index (χ0v) is 13.0. The summed E-state index contributed by atoms with van der Waals surface area (Å²) in [5.74, 6) is 0.364. The molecular formula is C18H18N2O4. The van der Waals surface area contributed by atoms with Crippen molar-refractivity contribution in [1.82, 2.24) is 10.2 Å². The number of hydrogen-bond acceptors (Lipinski definition) is 5. The Bertz CT molecular complexity index is 809. The van der Waals surface area contributed by atoms with Crippen LogP contribution in [0.3, 0.4) is 0 Å². The van der Waals surface area contributed by atoms with E-state index in [2.05, 4.69) is 10.2 Å². The van der Waals surface area contributed by atoms with Crippen molar-refractivity contribution in [2.24, 2.45) is 0 Å². The van der Waals surface area contributed by atoms with Gasteiger partial charge in [0.15, 0.2) is 0 Å². The van der Waals surface area contributed by atoms with E-state index in [9.17, 15) is 9.90 Å². The Kier molecular flexibility index (Phi) is 5.08. The Morgan fingerprint density at radius 3 is 2.46 bits per heavy atom.